The predicted octanol–water partition coefficient (Wildman–Crippen LogP) is 2.98. The van der Waals surface area contributed by atoms with Crippen LogP contribution in [0.15, 0.2) is 30.3 Å². The summed E-state index contributed by atoms with van der Waals surface area (Å²) in [6, 6.07) is 16.4. The van der Waals surface area contributed by atoms with Crippen LogP contribution in [0.25, 0.3) is 0 Å². The summed E-state index contributed by atoms with van der Waals surface area (Å²) >= 11 is 0. The van der Waals surface area contributed by atoms with Crippen LogP contribution in [0.3, 0.4) is 0 Å². The van der Waals surface area contributed by atoms with Crippen LogP contribution < -0.4 is 0 Å². The standard InChI is InChI=1S/C15H13N3/c16-8-12-6-7-13(11-4-2-1-3-5-11)15(10-18)14(12)9-17/h1-5,12-15H,6-7H2. The zero-order chi connectivity index (χ0) is 13.0. The molecule has 4 unspecified atom stereocenters. The Hall–Kier alpha value is -2.31. The smallest absolute Gasteiger partial charge is 0.0785 e. The van der Waals surface area contributed by atoms with Gasteiger partial charge in [0.25, 0.3) is 0 Å². The molecule has 3 heteroatoms. The van der Waals surface area contributed by atoms with Gasteiger partial charge < -0.3 is 0 Å². The van der Waals surface area contributed by atoms with Crippen LogP contribution in [0, 0.1) is 51.7 Å². The Labute approximate surface area is 107 Å². The molecule has 88 valence electrons. The van der Waals surface area contributed by atoms with Crippen LogP contribution in [0.4, 0.5) is 0 Å². The first-order valence-corrected chi connectivity index (χ1v) is 6.05. The highest BCUT2D eigenvalue weighted by Gasteiger charge is 2.40. The third-order valence-electron chi connectivity index (χ3n) is 3.73. The monoisotopic (exact) mass is 235 g/mol. The second-order valence-corrected chi connectivity index (χ2v) is 4.64. The van der Waals surface area contributed by atoms with E-state index in [1.54, 1.807) is 0 Å². The van der Waals surface area contributed by atoms with Crippen molar-refractivity contribution in [3.8, 4) is 18.2 Å². The second kappa shape index (κ2) is 5.35. The van der Waals surface area contributed by atoms with E-state index in [1.807, 2.05) is 30.3 Å². The van der Waals surface area contributed by atoms with Gasteiger partial charge in [0.2, 0.25) is 0 Å². The molecule has 4 atom stereocenters. The Morgan fingerprint density at radius 1 is 0.833 bits per heavy atom. The van der Waals surface area contributed by atoms with Gasteiger partial charge in [-0.15, -0.1) is 0 Å². The van der Waals surface area contributed by atoms with Crippen LogP contribution in [0.1, 0.15) is 24.3 Å². The lowest BCUT2D eigenvalue weighted by atomic mass is 9.66. The number of hydrogen-bond donors (Lipinski definition) is 0. The third kappa shape index (κ3) is 2.06. The Morgan fingerprint density at radius 2 is 1.50 bits per heavy atom. The van der Waals surface area contributed by atoms with Gasteiger partial charge in [-0.05, 0) is 18.4 Å². The van der Waals surface area contributed by atoms with Crippen molar-refractivity contribution in [3.63, 3.8) is 0 Å². The number of hydrogen-bond acceptors (Lipinski definition) is 3. The SMILES string of the molecule is N#CC1CCC(c2ccccc2)C(C#N)C1C#N. The number of benzene rings is 1. The summed E-state index contributed by atoms with van der Waals surface area (Å²) in [5.74, 6) is -1.08. The largest absolute Gasteiger partial charge is 0.198 e. The van der Waals surface area contributed by atoms with Crippen molar-refractivity contribution in [3.05, 3.63) is 35.9 Å². The van der Waals surface area contributed by atoms with Crippen molar-refractivity contribution < 1.29 is 0 Å². The minimum Gasteiger partial charge on any atom is -0.198 e. The van der Waals surface area contributed by atoms with Crippen molar-refractivity contribution >= 4 is 0 Å². The van der Waals surface area contributed by atoms with Crippen LogP contribution >= 0.6 is 0 Å². The molecule has 1 fully saturated rings. The summed E-state index contributed by atoms with van der Waals surface area (Å²) in [5.41, 5.74) is 1.10. The summed E-state index contributed by atoms with van der Waals surface area (Å²) in [5, 5.41) is 27.6. The highest BCUT2D eigenvalue weighted by molar-refractivity contribution is 5.26. The van der Waals surface area contributed by atoms with E-state index in [0.29, 0.717) is 6.42 Å². The predicted molar refractivity (Wildman–Crippen MR) is 65.7 cm³/mol. The third-order valence-corrected chi connectivity index (χ3v) is 3.73. The van der Waals surface area contributed by atoms with E-state index >= 15 is 0 Å². The molecule has 0 saturated heterocycles. The average Bonchev–Trinajstić information content (AvgIpc) is 2.46. The molecule has 1 aliphatic rings. The molecule has 0 heterocycles. The summed E-state index contributed by atoms with van der Waals surface area (Å²) in [4.78, 5) is 0. The van der Waals surface area contributed by atoms with Gasteiger partial charge in [-0.1, -0.05) is 30.3 Å². The van der Waals surface area contributed by atoms with Crippen LogP contribution in [0.2, 0.25) is 0 Å². The summed E-state index contributed by atoms with van der Waals surface area (Å²) in [6.07, 6.45) is 1.51. The van der Waals surface area contributed by atoms with E-state index in [2.05, 4.69) is 18.2 Å². The fraction of sp³-hybridized carbons (Fsp3) is 0.400. The molecular weight excluding hydrogens is 222 g/mol. The first kappa shape index (κ1) is 12.2. The minimum absolute atomic E-state index is 0.0745. The molecule has 0 aliphatic heterocycles. The van der Waals surface area contributed by atoms with E-state index in [-0.39, 0.29) is 17.8 Å². The van der Waals surface area contributed by atoms with E-state index in [1.165, 1.54) is 0 Å². The summed E-state index contributed by atoms with van der Waals surface area (Å²) < 4.78 is 0. The van der Waals surface area contributed by atoms with Crippen molar-refractivity contribution in [1.82, 2.24) is 0 Å². The van der Waals surface area contributed by atoms with Gasteiger partial charge in [-0.2, -0.15) is 15.8 Å². The fourth-order valence-electron chi connectivity index (χ4n) is 2.78. The maximum absolute atomic E-state index is 9.33. The molecule has 1 saturated carbocycles. The fourth-order valence-corrected chi connectivity index (χ4v) is 2.78. The Bertz CT molecular complexity index is 530. The molecule has 2 rings (SSSR count). The lowest BCUT2D eigenvalue weighted by Crippen LogP contribution is -2.31. The van der Waals surface area contributed by atoms with E-state index < -0.39 is 5.92 Å². The molecule has 3 nitrogen and oxygen atoms in total. The molecule has 0 aromatic heterocycles. The molecule has 0 spiro atoms. The Balaban J connectivity index is 2.33. The second-order valence-electron chi connectivity index (χ2n) is 4.64. The zero-order valence-electron chi connectivity index (χ0n) is 9.95. The molecule has 1 aromatic rings. The number of rotatable bonds is 1. The molecule has 0 bridgehead atoms. The van der Waals surface area contributed by atoms with E-state index in [0.717, 1.165) is 12.0 Å². The van der Waals surface area contributed by atoms with Crippen molar-refractivity contribution in [2.24, 2.45) is 17.8 Å². The highest BCUT2D eigenvalue weighted by atomic mass is 14.5. The van der Waals surface area contributed by atoms with E-state index in [4.69, 9.17) is 5.26 Å². The first-order valence-electron chi connectivity index (χ1n) is 6.05. The maximum Gasteiger partial charge on any atom is 0.0785 e. The Morgan fingerprint density at radius 3 is 2.06 bits per heavy atom. The van der Waals surface area contributed by atoms with Gasteiger partial charge in [0.05, 0.1) is 36.0 Å². The van der Waals surface area contributed by atoms with Gasteiger partial charge in [0.1, 0.15) is 0 Å². The quantitative estimate of drug-likeness (QED) is 0.751. The van der Waals surface area contributed by atoms with Gasteiger partial charge in [-0.3, -0.25) is 0 Å². The van der Waals surface area contributed by atoms with Crippen molar-refractivity contribution in [2.45, 2.75) is 18.8 Å². The number of nitriles is 3. The summed E-state index contributed by atoms with van der Waals surface area (Å²) in [7, 11) is 0. The molecule has 0 N–H and O–H groups in total. The van der Waals surface area contributed by atoms with Crippen molar-refractivity contribution in [1.29, 1.82) is 15.8 Å². The van der Waals surface area contributed by atoms with E-state index in [9.17, 15) is 10.5 Å². The molecule has 18 heavy (non-hydrogen) atoms. The first-order chi connectivity index (χ1) is 8.81. The van der Waals surface area contributed by atoms with Gasteiger partial charge in [-0.25, -0.2) is 0 Å². The van der Waals surface area contributed by atoms with Gasteiger partial charge >= 0.3 is 0 Å². The minimum atomic E-state index is -0.473. The van der Waals surface area contributed by atoms with Crippen LogP contribution in [-0.4, -0.2) is 0 Å². The van der Waals surface area contributed by atoms with Crippen LogP contribution in [0.5, 0.6) is 0 Å². The average molecular weight is 235 g/mol. The van der Waals surface area contributed by atoms with Gasteiger partial charge in [0, 0.05) is 5.92 Å². The Kier molecular flexibility index (Phi) is 3.61. The number of nitrogens with zero attached hydrogens (tertiary/aromatic N) is 3. The lowest BCUT2D eigenvalue weighted by Gasteiger charge is -2.33. The maximum atomic E-state index is 9.33. The molecular formula is C15H13N3. The van der Waals surface area contributed by atoms with Crippen LogP contribution in [-0.2, 0) is 0 Å². The highest BCUT2D eigenvalue weighted by Crippen LogP contribution is 2.43. The molecule has 0 amide bonds. The molecule has 1 aromatic carbocycles. The lowest BCUT2D eigenvalue weighted by molar-refractivity contribution is 0.254. The normalized spacial score (nSPS) is 30.7. The van der Waals surface area contributed by atoms with Crippen molar-refractivity contribution in [2.75, 3.05) is 0 Å². The summed E-state index contributed by atoms with van der Waals surface area (Å²) in [6.45, 7) is 0. The molecule has 1 aliphatic carbocycles. The molecule has 0 radical (unpaired) electrons. The van der Waals surface area contributed by atoms with Gasteiger partial charge in [0.15, 0.2) is 0 Å². The topological polar surface area (TPSA) is 71.4 Å². The zero-order valence-corrected chi connectivity index (χ0v) is 9.95.